The summed E-state index contributed by atoms with van der Waals surface area (Å²) in [5.41, 5.74) is 1.65. The van der Waals surface area contributed by atoms with Crippen LogP contribution in [-0.4, -0.2) is 19.4 Å². The minimum Gasteiger partial charge on any atom is -0.598 e. The third-order valence-corrected chi connectivity index (χ3v) is 6.89. The molecule has 8 heteroatoms. The molecule has 0 spiro atoms. The van der Waals surface area contributed by atoms with Crippen molar-refractivity contribution < 1.29 is 9.66 Å². The summed E-state index contributed by atoms with van der Waals surface area (Å²) in [6.45, 7) is 6.07. The standard InChI is InChI=1S/C17H20BrClN2O2S2/c1-17(2,3)25(23)21-9-12-7-13(18)8-14(19)15(12)24-16-11(10-22)5-4-6-20-16/h4-8,21-22H,9-10H2,1-3H3. The van der Waals surface area contributed by atoms with Gasteiger partial charge in [0.05, 0.1) is 18.2 Å². The molecule has 0 radical (unpaired) electrons. The van der Waals surface area contributed by atoms with E-state index in [0.29, 0.717) is 16.6 Å². The zero-order valence-electron chi connectivity index (χ0n) is 14.2. The maximum Gasteiger partial charge on any atom is 0.136 e. The fourth-order valence-electron chi connectivity index (χ4n) is 1.95. The van der Waals surface area contributed by atoms with Crippen molar-refractivity contribution in [2.24, 2.45) is 0 Å². The van der Waals surface area contributed by atoms with Gasteiger partial charge in [0.1, 0.15) is 9.77 Å². The number of aromatic nitrogens is 1. The van der Waals surface area contributed by atoms with Gasteiger partial charge >= 0.3 is 0 Å². The first-order valence-electron chi connectivity index (χ1n) is 7.58. The van der Waals surface area contributed by atoms with E-state index in [0.717, 1.165) is 20.5 Å². The first-order chi connectivity index (χ1) is 11.7. The monoisotopic (exact) mass is 462 g/mol. The van der Waals surface area contributed by atoms with Crippen LogP contribution in [0.2, 0.25) is 5.02 Å². The molecule has 1 heterocycles. The molecule has 2 aromatic rings. The number of halogens is 2. The lowest BCUT2D eigenvalue weighted by Gasteiger charge is -2.24. The van der Waals surface area contributed by atoms with Crippen LogP contribution < -0.4 is 4.72 Å². The molecule has 0 aliphatic carbocycles. The topological polar surface area (TPSA) is 68.2 Å². The van der Waals surface area contributed by atoms with Gasteiger partial charge in [0.25, 0.3) is 0 Å². The number of benzene rings is 1. The van der Waals surface area contributed by atoms with Crippen LogP contribution in [0.3, 0.4) is 0 Å². The summed E-state index contributed by atoms with van der Waals surface area (Å²) in [6, 6.07) is 7.38. The molecule has 0 saturated heterocycles. The summed E-state index contributed by atoms with van der Waals surface area (Å²) in [5, 5.41) is 10.8. The van der Waals surface area contributed by atoms with Crippen molar-refractivity contribution in [3.05, 3.63) is 51.1 Å². The molecule has 1 atom stereocenters. The molecule has 0 aliphatic heterocycles. The van der Waals surface area contributed by atoms with Crippen LogP contribution in [0.5, 0.6) is 0 Å². The molecule has 1 aromatic carbocycles. The third kappa shape index (κ3) is 5.85. The molecule has 0 bridgehead atoms. The van der Waals surface area contributed by atoms with Crippen molar-refractivity contribution in [3.63, 3.8) is 0 Å². The second-order valence-corrected chi connectivity index (χ2v) is 10.7. The first-order valence-corrected chi connectivity index (χ1v) is 10.7. The second kappa shape index (κ2) is 9.08. The van der Waals surface area contributed by atoms with Crippen molar-refractivity contribution in [1.82, 2.24) is 9.71 Å². The molecule has 1 aromatic heterocycles. The highest BCUT2D eigenvalue weighted by molar-refractivity contribution is 9.10. The highest BCUT2D eigenvalue weighted by Gasteiger charge is 2.26. The van der Waals surface area contributed by atoms with E-state index < -0.39 is 11.4 Å². The Morgan fingerprint density at radius 3 is 2.72 bits per heavy atom. The maximum absolute atomic E-state index is 12.3. The normalized spacial score (nSPS) is 13.1. The molecule has 25 heavy (non-hydrogen) atoms. The molecule has 2 N–H and O–H groups in total. The molecular formula is C17H20BrClN2O2S2. The zero-order chi connectivity index (χ0) is 18.6. The number of aliphatic hydroxyl groups excluding tert-OH is 1. The van der Waals surface area contributed by atoms with Gasteiger partial charge in [0.15, 0.2) is 0 Å². The number of hydrogen-bond donors (Lipinski definition) is 2. The van der Waals surface area contributed by atoms with Crippen LogP contribution in [0.15, 0.2) is 44.9 Å². The minimum absolute atomic E-state index is 0.0913. The van der Waals surface area contributed by atoms with E-state index in [2.05, 4.69) is 25.6 Å². The Morgan fingerprint density at radius 2 is 2.08 bits per heavy atom. The molecule has 1 unspecified atom stereocenters. The van der Waals surface area contributed by atoms with Gasteiger partial charge in [-0.05, 0) is 44.5 Å². The van der Waals surface area contributed by atoms with Gasteiger partial charge in [-0.25, -0.2) is 4.98 Å². The fourth-order valence-corrected chi connectivity index (χ4v) is 4.65. The molecule has 0 fully saturated rings. The summed E-state index contributed by atoms with van der Waals surface area (Å²) in [4.78, 5) is 5.17. The third-order valence-electron chi connectivity index (χ3n) is 3.25. The van der Waals surface area contributed by atoms with Gasteiger partial charge in [-0.2, -0.15) is 0 Å². The average Bonchev–Trinajstić information content (AvgIpc) is 2.54. The molecule has 0 aliphatic rings. The predicted octanol–water partition coefficient (Wildman–Crippen LogP) is 4.69. The summed E-state index contributed by atoms with van der Waals surface area (Å²) in [7, 11) is 0. The van der Waals surface area contributed by atoms with Crippen LogP contribution in [0, 0.1) is 0 Å². The van der Waals surface area contributed by atoms with Crippen molar-refractivity contribution in [2.75, 3.05) is 0 Å². The average molecular weight is 464 g/mol. The summed E-state index contributed by atoms with van der Waals surface area (Å²) in [5.74, 6) is 0. The first kappa shape index (κ1) is 21.0. The number of hydrogen-bond acceptors (Lipinski definition) is 5. The Balaban J connectivity index is 2.31. The number of rotatable bonds is 6. The van der Waals surface area contributed by atoms with E-state index in [1.807, 2.05) is 39.0 Å². The number of nitrogens with zero attached hydrogens (tertiary/aromatic N) is 1. The lowest BCUT2D eigenvalue weighted by Crippen LogP contribution is -2.39. The van der Waals surface area contributed by atoms with Crippen LogP contribution in [0.4, 0.5) is 0 Å². The van der Waals surface area contributed by atoms with Gasteiger partial charge in [-0.15, -0.1) is 4.72 Å². The smallest absolute Gasteiger partial charge is 0.136 e. The molecule has 136 valence electrons. The summed E-state index contributed by atoms with van der Waals surface area (Å²) in [6.07, 6.45) is 1.68. The summed E-state index contributed by atoms with van der Waals surface area (Å²) >= 11 is 10.1. The number of aliphatic hydroxyl groups is 1. The highest BCUT2D eigenvalue weighted by Crippen LogP contribution is 2.38. The van der Waals surface area contributed by atoms with E-state index in [-0.39, 0.29) is 11.4 Å². The van der Waals surface area contributed by atoms with Crippen molar-refractivity contribution >= 4 is 50.7 Å². The van der Waals surface area contributed by atoms with Gasteiger partial charge in [0, 0.05) is 32.5 Å². The van der Waals surface area contributed by atoms with Gasteiger partial charge in [-0.3, -0.25) is 0 Å². The quantitative estimate of drug-likeness (QED) is 0.608. The van der Waals surface area contributed by atoms with E-state index >= 15 is 0 Å². The van der Waals surface area contributed by atoms with Crippen LogP contribution in [-0.2, 0) is 24.5 Å². The lowest BCUT2D eigenvalue weighted by molar-refractivity contribution is 0.278. The van der Waals surface area contributed by atoms with Gasteiger partial charge in [0.2, 0.25) is 0 Å². The Hall–Kier alpha value is -0.280. The Morgan fingerprint density at radius 1 is 1.36 bits per heavy atom. The van der Waals surface area contributed by atoms with E-state index in [1.165, 1.54) is 11.8 Å². The number of pyridine rings is 1. The maximum atomic E-state index is 12.3. The van der Waals surface area contributed by atoms with E-state index in [1.54, 1.807) is 12.3 Å². The summed E-state index contributed by atoms with van der Waals surface area (Å²) < 4.78 is 15.8. The second-order valence-electron chi connectivity index (χ2n) is 6.31. The molecular weight excluding hydrogens is 444 g/mol. The SMILES string of the molecule is CC(C)(C)[S+]([O-])NCc1cc(Br)cc(Cl)c1Sc1ncccc1CO. The highest BCUT2D eigenvalue weighted by atomic mass is 79.9. The Bertz CT molecular complexity index is 741. The zero-order valence-corrected chi connectivity index (χ0v) is 18.2. The van der Waals surface area contributed by atoms with Crippen LogP contribution in [0.25, 0.3) is 0 Å². The van der Waals surface area contributed by atoms with Gasteiger partial charge in [-0.1, -0.05) is 45.4 Å². The molecule has 4 nitrogen and oxygen atoms in total. The van der Waals surface area contributed by atoms with Crippen LogP contribution >= 0.6 is 39.3 Å². The largest absolute Gasteiger partial charge is 0.598 e. The van der Waals surface area contributed by atoms with Crippen molar-refractivity contribution in [1.29, 1.82) is 0 Å². The molecule has 0 amide bonds. The predicted molar refractivity (Wildman–Crippen MR) is 108 cm³/mol. The van der Waals surface area contributed by atoms with Gasteiger partial charge < -0.3 is 9.66 Å². The fraction of sp³-hybridized carbons (Fsp3) is 0.353. The van der Waals surface area contributed by atoms with Crippen molar-refractivity contribution in [3.8, 4) is 0 Å². The number of nitrogens with one attached hydrogen (secondary N) is 1. The lowest BCUT2D eigenvalue weighted by atomic mass is 10.2. The Kier molecular flexibility index (Phi) is 7.64. The van der Waals surface area contributed by atoms with E-state index in [4.69, 9.17) is 11.6 Å². The van der Waals surface area contributed by atoms with E-state index in [9.17, 15) is 9.66 Å². The molecule has 2 rings (SSSR count). The Labute approximate surface area is 169 Å². The van der Waals surface area contributed by atoms with Crippen molar-refractivity contribution in [2.45, 2.75) is 48.6 Å². The minimum atomic E-state index is -1.19. The van der Waals surface area contributed by atoms with Crippen LogP contribution in [0.1, 0.15) is 31.9 Å². The molecule has 0 saturated carbocycles.